The van der Waals surface area contributed by atoms with Gasteiger partial charge in [0.25, 0.3) is 0 Å². The highest BCUT2D eigenvalue weighted by molar-refractivity contribution is 7.99. The quantitative estimate of drug-likeness (QED) is 0.769. The van der Waals surface area contributed by atoms with Crippen LogP contribution in [0.1, 0.15) is 36.2 Å². The van der Waals surface area contributed by atoms with E-state index in [0.29, 0.717) is 30.4 Å². The molecule has 0 unspecified atom stereocenters. The predicted molar refractivity (Wildman–Crippen MR) is 112 cm³/mol. The highest BCUT2D eigenvalue weighted by Crippen LogP contribution is 2.36. The Labute approximate surface area is 175 Å². The number of carbonyl (C=O) groups excluding carboxylic acids is 1. The van der Waals surface area contributed by atoms with Gasteiger partial charge in [-0.3, -0.25) is 9.69 Å². The molecule has 29 heavy (non-hydrogen) atoms. The van der Waals surface area contributed by atoms with E-state index in [1.807, 2.05) is 42.1 Å². The van der Waals surface area contributed by atoms with Crippen molar-refractivity contribution < 1.29 is 14.5 Å². The third-order valence-corrected chi connectivity index (χ3v) is 7.25. The fourth-order valence-electron chi connectivity index (χ4n) is 4.48. The fourth-order valence-corrected chi connectivity index (χ4v) is 5.56. The molecule has 2 saturated heterocycles. The number of benzene rings is 1. The number of β-amino-alcohol motifs (C(OH)–C–C–N with tert-alkyl or cyclic N) is 1. The summed E-state index contributed by atoms with van der Waals surface area (Å²) in [5.74, 6) is 2.18. The van der Waals surface area contributed by atoms with E-state index in [0.717, 1.165) is 12.1 Å². The number of nitrogens with one attached hydrogen (secondary N) is 1. The molecule has 0 saturated carbocycles. The first kappa shape index (κ1) is 20.4. The van der Waals surface area contributed by atoms with Gasteiger partial charge in [0.05, 0.1) is 18.1 Å². The summed E-state index contributed by atoms with van der Waals surface area (Å²) in [4.78, 5) is 15.3. The zero-order valence-corrected chi connectivity index (χ0v) is 17.5. The van der Waals surface area contributed by atoms with Crippen LogP contribution in [0, 0.1) is 6.92 Å². The van der Waals surface area contributed by atoms with E-state index in [2.05, 4.69) is 20.5 Å². The fraction of sp³-hybridized carbons (Fsp3) is 0.571. The topological polar surface area (TPSA) is 91.5 Å². The number of carbonyl (C=O) groups is 1. The Kier molecular flexibility index (Phi) is 6.22. The number of aryl methyl sites for hydroxylation is 1. The smallest absolute Gasteiger partial charge is 0.227 e. The molecule has 1 aromatic carbocycles. The van der Waals surface area contributed by atoms with E-state index in [1.54, 1.807) is 6.92 Å². The summed E-state index contributed by atoms with van der Waals surface area (Å²) in [6.07, 6.45) is 2.40. The van der Waals surface area contributed by atoms with Gasteiger partial charge < -0.3 is 10.4 Å². The van der Waals surface area contributed by atoms with Crippen molar-refractivity contribution in [3.05, 3.63) is 47.3 Å². The molecule has 1 amide bonds. The molecule has 1 aromatic heterocycles. The highest BCUT2D eigenvalue weighted by atomic mass is 32.2. The van der Waals surface area contributed by atoms with E-state index < -0.39 is 11.6 Å². The van der Waals surface area contributed by atoms with Gasteiger partial charge in [0, 0.05) is 19.1 Å². The highest BCUT2D eigenvalue weighted by Gasteiger charge is 2.46. The average Bonchev–Trinajstić information content (AvgIpc) is 3.15. The third kappa shape index (κ3) is 4.34. The summed E-state index contributed by atoms with van der Waals surface area (Å²) in [5, 5.41) is 22.0. The van der Waals surface area contributed by atoms with Gasteiger partial charge in [0.2, 0.25) is 5.91 Å². The van der Waals surface area contributed by atoms with Crippen molar-refractivity contribution in [1.82, 2.24) is 20.5 Å². The van der Waals surface area contributed by atoms with Gasteiger partial charge in [-0.1, -0.05) is 40.6 Å². The normalized spacial score (nSPS) is 26.3. The zero-order chi connectivity index (χ0) is 20.3. The Balaban J connectivity index is 1.54. The molecule has 0 aliphatic carbocycles. The second-order valence-corrected chi connectivity index (χ2v) is 9.19. The van der Waals surface area contributed by atoms with E-state index in [-0.39, 0.29) is 12.3 Å². The maximum atomic E-state index is 12.9. The summed E-state index contributed by atoms with van der Waals surface area (Å²) in [6, 6.07) is 10.3. The Hall–Kier alpha value is -1.90. The molecule has 2 aliphatic heterocycles. The minimum Gasteiger partial charge on any atom is -0.389 e. The first-order valence-electron chi connectivity index (χ1n) is 10.2. The number of amides is 1. The molecule has 2 aliphatic rings. The monoisotopic (exact) mass is 416 g/mol. The van der Waals surface area contributed by atoms with Crippen LogP contribution in [0.15, 0.2) is 35.0 Å². The van der Waals surface area contributed by atoms with Gasteiger partial charge in [-0.2, -0.15) is 11.8 Å². The van der Waals surface area contributed by atoms with Crippen LogP contribution in [-0.4, -0.2) is 63.0 Å². The number of rotatable bonds is 5. The van der Waals surface area contributed by atoms with Gasteiger partial charge in [-0.05, 0) is 43.3 Å². The van der Waals surface area contributed by atoms with Crippen molar-refractivity contribution in [3.63, 3.8) is 0 Å². The lowest BCUT2D eigenvalue weighted by Crippen LogP contribution is -2.63. The van der Waals surface area contributed by atoms with Crippen molar-refractivity contribution in [3.8, 4) is 0 Å². The molecule has 3 heterocycles. The van der Waals surface area contributed by atoms with Crippen molar-refractivity contribution in [1.29, 1.82) is 0 Å². The maximum absolute atomic E-state index is 12.9. The lowest BCUT2D eigenvalue weighted by atomic mass is 9.77. The molecule has 0 bridgehead atoms. The molecule has 2 aromatic rings. The SMILES string of the molecule is Cc1nonc1CC(=O)N[C@]1(c2ccccc2)CCN(C2CCSCC2)C[C@H]1O. The minimum atomic E-state index is -0.802. The lowest BCUT2D eigenvalue weighted by molar-refractivity contribution is -0.127. The number of nitrogens with zero attached hydrogens (tertiary/aromatic N) is 3. The maximum Gasteiger partial charge on any atom is 0.227 e. The first-order valence-corrected chi connectivity index (χ1v) is 11.4. The van der Waals surface area contributed by atoms with Crippen LogP contribution in [0.5, 0.6) is 0 Å². The van der Waals surface area contributed by atoms with Crippen molar-refractivity contribution in [2.45, 2.75) is 50.3 Å². The van der Waals surface area contributed by atoms with Crippen molar-refractivity contribution in [2.24, 2.45) is 0 Å². The Morgan fingerprint density at radius 2 is 2.07 bits per heavy atom. The number of aliphatic hydroxyl groups excluding tert-OH is 1. The molecule has 0 spiro atoms. The average molecular weight is 417 g/mol. The van der Waals surface area contributed by atoms with E-state index in [1.165, 1.54) is 24.3 Å². The van der Waals surface area contributed by atoms with Crippen LogP contribution in [-0.2, 0) is 16.8 Å². The van der Waals surface area contributed by atoms with Crippen LogP contribution in [0.4, 0.5) is 0 Å². The van der Waals surface area contributed by atoms with Gasteiger partial charge in [0.1, 0.15) is 11.4 Å². The molecular formula is C21H28N4O3S. The van der Waals surface area contributed by atoms with E-state index in [9.17, 15) is 9.90 Å². The summed E-state index contributed by atoms with van der Waals surface area (Å²) in [7, 11) is 0. The number of thioether (sulfide) groups is 1. The Bertz CT molecular complexity index is 824. The number of piperidine rings is 1. The van der Waals surface area contributed by atoms with Crippen LogP contribution >= 0.6 is 11.8 Å². The van der Waals surface area contributed by atoms with Crippen molar-refractivity contribution >= 4 is 17.7 Å². The first-order chi connectivity index (χ1) is 14.1. The number of aliphatic hydroxyl groups is 1. The Morgan fingerprint density at radius 3 is 2.72 bits per heavy atom. The number of likely N-dealkylation sites (tertiary alicyclic amines) is 1. The van der Waals surface area contributed by atoms with Gasteiger partial charge in [0.15, 0.2) is 0 Å². The molecule has 2 N–H and O–H groups in total. The van der Waals surface area contributed by atoms with Crippen LogP contribution < -0.4 is 5.32 Å². The Morgan fingerprint density at radius 1 is 1.31 bits per heavy atom. The third-order valence-electron chi connectivity index (χ3n) is 6.20. The molecule has 2 fully saturated rings. The number of hydrogen-bond donors (Lipinski definition) is 2. The largest absolute Gasteiger partial charge is 0.389 e. The van der Waals surface area contributed by atoms with Gasteiger partial charge in [-0.15, -0.1) is 0 Å². The summed E-state index contributed by atoms with van der Waals surface area (Å²) in [5.41, 5.74) is 1.27. The van der Waals surface area contributed by atoms with E-state index in [4.69, 9.17) is 4.63 Å². The second kappa shape index (κ2) is 8.85. The number of aromatic nitrogens is 2. The molecule has 0 radical (unpaired) electrons. The molecule has 2 atom stereocenters. The summed E-state index contributed by atoms with van der Waals surface area (Å²) < 4.78 is 4.71. The summed E-state index contributed by atoms with van der Waals surface area (Å²) >= 11 is 2.01. The molecule has 7 nitrogen and oxygen atoms in total. The van der Waals surface area contributed by atoms with Crippen molar-refractivity contribution in [2.75, 3.05) is 24.6 Å². The van der Waals surface area contributed by atoms with Crippen LogP contribution in [0.25, 0.3) is 0 Å². The second-order valence-electron chi connectivity index (χ2n) is 7.96. The van der Waals surface area contributed by atoms with Crippen LogP contribution in [0.2, 0.25) is 0 Å². The minimum absolute atomic E-state index is 0.0835. The number of hydrogen-bond acceptors (Lipinski definition) is 7. The van der Waals surface area contributed by atoms with Gasteiger partial charge >= 0.3 is 0 Å². The van der Waals surface area contributed by atoms with Crippen LogP contribution in [0.3, 0.4) is 0 Å². The predicted octanol–water partition coefficient (Wildman–Crippen LogP) is 1.89. The zero-order valence-electron chi connectivity index (χ0n) is 16.7. The lowest BCUT2D eigenvalue weighted by Gasteiger charge is -2.49. The molecule has 4 rings (SSSR count). The standard InChI is InChI=1S/C21H28N4O3S/c1-15-18(24-28-23-15)13-20(27)22-21(16-5-3-2-4-6-16)9-10-25(14-19(21)26)17-7-11-29-12-8-17/h2-6,17,19,26H,7-14H2,1H3,(H,22,27)/t19-,21+/m1/s1. The van der Waals surface area contributed by atoms with E-state index >= 15 is 0 Å². The molecule has 156 valence electrons. The summed E-state index contributed by atoms with van der Waals surface area (Å²) in [6.45, 7) is 3.18. The van der Waals surface area contributed by atoms with Gasteiger partial charge in [-0.25, -0.2) is 4.63 Å². The molecular weight excluding hydrogens is 388 g/mol. The molecule has 8 heteroatoms.